The number of fused-ring (bicyclic) bond motifs is 3. The number of ketones is 2. The second-order valence-corrected chi connectivity index (χ2v) is 11.0. The van der Waals surface area contributed by atoms with Gasteiger partial charge < -0.3 is 9.47 Å². The molecule has 3 atom stereocenters. The first-order valence-electron chi connectivity index (χ1n) is 12.8. The van der Waals surface area contributed by atoms with Gasteiger partial charge in [0.25, 0.3) is 0 Å². The number of anilines is 1. The number of halogens is 2. The number of ether oxygens (including phenoxy) is 2. The van der Waals surface area contributed by atoms with Crippen molar-refractivity contribution in [2.75, 3.05) is 4.90 Å². The van der Waals surface area contributed by atoms with Gasteiger partial charge in [-0.1, -0.05) is 59.6 Å². The molecule has 0 aromatic heterocycles. The zero-order valence-corrected chi connectivity index (χ0v) is 22.6. The Labute approximate surface area is 244 Å². The van der Waals surface area contributed by atoms with Gasteiger partial charge in [0, 0.05) is 21.2 Å². The van der Waals surface area contributed by atoms with Gasteiger partial charge in [0.05, 0.1) is 23.6 Å². The van der Waals surface area contributed by atoms with E-state index < -0.39 is 46.9 Å². The summed E-state index contributed by atoms with van der Waals surface area (Å²) in [4.78, 5) is 56.9. The van der Waals surface area contributed by atoms with Gasteiger partial charge >= 0.3 is 0 Å². The predicted molar refractivity (Wildman–Crippen MR) is 151 cm³/mol. The first kappa shape index (κ1) is 25.7. The van der Waals surface area contributed by atoms with E-state index in [-0.39, 0.29) is 11.1 Å². The van der Waals surface area contributed by atoms with E-state index in [9.17, 15) is 19.2 Å². The molecule has 0 radical (unpaired) electrons. The Bertz CT molecular complexity index is 1720. The van der Waals surface area contributed by atoms with E-state index >= 15 is 0 Å². The molecule has 2 saturated heterocycles. The summed E-state index contributed by atoms with van der Waals surface area (Å²) in [7, 11) is 0. The summed E-state index contributed by atoms with van der Waals surface area (Å²) in [5.41, 5.74) is -0.964. The predicted octanol–water partition coefficient (Wildman–Crippen LogP) is 6.48. The van der Waals surface area contributed by atoms with Gasteiger partial charge in [0.1, 0.15) is 11.5 Å². The third kappa shape index (κ3) is 3.77. The van der Waals surface area contributed by atoms with Crippen LogP contribution in [-0.4, -0.2) is 29.0 Å². The number of carbonyl (C=O) groups is 4. The molecule has 3 aliphatic rings. The van der Waals surface area contributed by atoms with Crippen LogP contribution in [0.4, 0.5) is 5.69 Å². The fourth-order valence-electron chi connectivity index (χ4n) is 6.03. The van der Waals surface area contributed by atoms with Crippen molar-refractivity contribution in [1.82, 2.24) is 0 Å². The van der Waals surface area contributed by atoms with Gasteiger partial charge in [-0.15, -0.1) is 0 Å². The molecule has 0 bridgehead atoms. The van der Waals surface area contributed by atoms with Crippen molar-refractivity contribution in [3.8, 4) is 11.5 Å². The fourth-order valence-corrected chi connectivity index (χ4v) is 6.28. The molecule has 2 aliphatic heterocycles. The Kier molecular flexibility index (Phi) is 5.87. The van der Waals surface area contributed by atoms with Gasteiger partial charge in [-0.2, -0.15) is 0 Å². The minimum absolute atomic E-state index is 0.176. The lowest BCUT2D eigenvalue weighted by Crippen LogP contribution is -2.51. The molecule has 0 saturated carbocycles. The molecule has 7 nitrogen and oxygen atoms in total. The number of nitrogens with zero attached hydrogens (tertiary/aromatic N) is 1. The maximum absolute atomic E-state index is 14.1. The Morgan fingerprint density at radius 2 is 1.17 bits per heavy atom. The quantitative estimate of drug-likeness (QED) is 0.202. The van der Waals surface area contributed by atoms with Crippen molar-refractivity contribution >= 4 is 52.3 Å². The Morgan fingerprint density at radius 3 is 1.73 bits per heavy atom. The molecule has 7 rings (SSSR count). The molecule has 2 amide bonds. The molecule has 2 fully saturated rings. The van der Waals surface area contributed by atoms with Gasteiger partial charge in [-0.05, 0) is 66.2 Å². The summed E-state index contributed by atoms with van der Waals surface area (Å²) in [6.07, 6.45) is -1.02. The molecule has 41 heavy (non-hydrogen) atoms. The Morgan fingerprint density at radius 1 is 0.659 bits per heavy atom. The summed E-state index contributed by atoms with van der Waals surface area (Å²) in [6, 6.07) is 26.2. The average molecular weight is 584 g/mol. The molecule has 9 heteroatoms. The molecule has 1 aliphatic carbocycles. The highest BCUT2D eigenvalue weighted by Crippen LogP contribution is 2.57. The lowest BCUT2D eigenvalue weighted by molar-refractivity contribution is -0.127. The van der Waals surface area contributed by atoms with Crippen LogP contribution in [0.2, 0.25) is 10.0 Å². The maximum Gasteiger partial charge on any atom is 0.241 e. The molecular formula is C32H19Cl2NO6. The molecule has 2 heterocycles. The Hall–Kier alpha value is -4.30. The van der Waals surface area contributed by atoms with Crippen molar-refractivity contribution in [3.05, 3.63) is 124 Å². The van der Waals surface area contributed by atoms with E-state index in [1.54, 1.807) is 84.9 Å². The van der Waals surface area contributed by atoms with E-state index in [1.165, 1.54) is 12.1 Å². The summed E-state index contributed by atoms with van der Waals surface area (Å²) >= 11 is 12.0. The third-order valence-electron chi connectivity index (χ3n) is 7.86. The number of benzene rings is 4. The van der Waals surface area contributed by atoms with Crippen LogP contribution in [0.5, 0.6) is 11.5 Å². The molecule has 4 aromatic carbocycles. The summed E-state index contributed by atoms with van der Waals surface area (Å²) in [5, 5.41) is 1.04. The van der Waals surface area contributed by atoms with Crippen molar-refractivity contribution in [2.45, 2.75) is 11.7 Å². The van der Waals surface area contributed by atoms with Crippen LogP contribution in [-0.2, 0) is 14.3 Å². The topological polar surface area (TPSA) is 90.0 Å². The SMILES string of the molecule is O=C1C2C(c3ccc(Cl)cc3)OC3(C(=O)c4ccccc4C3=O)C2C(=O)N1c1ccc(Oc2ccc(Cl)cc2)cc1. The second-order valence-electron chi connectivity index (χ2n) is 10.1. The normalized spacial score (nSPS) is 22.4. The summed E-state index contributed by atoms with van der Waals surface area (Å²) in [5.74, 6) is -3.85. The zero-order valence-electron chi connectivity index (χ0n) is 21.1. The minimum Gasteiger partial charge on any atom is -0.457 e. The summed E-state index contributed by atoms with van der Waals surface area (Å²) < 4.78 is 12.1. The molecule has 4 aromatic rings. The molecule has 3 unspecified atom stereocenters. The Balaban J connectivity index is 1.28. The first-order chi connectivity index (χ1) is 19.8. The standard InChI is InChI=1S/C32H19Cl2NO6/c33-18-7-5-17(6-8-18)27-25-26(32(41-27)28(36)23-3-1-2-4-24(23)29(32)37)31(39)35(30(25)38)20-11-15-22(16-12-20)40-21-13-9-19(34)10-14-21/h1-16,25-27H. The fraction of sp³-hybridized carbons (Fsp3) is 0.125. The van der Waals surface area contributed by atoms with Gasteiger partial charge in [0.15, 0.2) is 0 Å². The largest absolute Gasteiger partial charge is 0.457 e. The highest BCUT2D eigenvalue weighted by atomic mass is 35.5. The monoisotopic (exact) mass is 583 g/mol. The van der Waals surface area contributed by atoms with E-state index in [4.69, 9.17) is 32.7 Å². The van der Waals surface area contributed by atoms with E-state index in [2.05, 4.69) is 0 Å². The number of hydrogen-bond acceptors (Lipinski definition) is 6. The van der Waals surface area contributed by atoms with Crippen LogP contribution in [0.25, 0.3) is 0 Å². The van der Waals surface area contributed by atoms with E-state index in [0.717, 1.165) is 4.90 Å². The lowest BCUT2D eigenvalue weighted by atomic mass is 9.77. The molecular weight excluding hydrogens is 565 g/mol. The van der Waals surface area contributed by atoms with Crippen molar-refractivity contribution in [1.29, 1.82) is 0 Å². The van der Waals surface area contributed by atoms with Crippen molar-refractivity contribution in [2.24, 2.45) is 11.8 Å². The highest BCUT2D eigenvalue weighted by molar-refractivity contribution is 6.37. The number of rotatable bonds is 4. The summed E-state index contributed by atoms with van der Waals surface area (Å²) in [6.45, 7) is 0. The van der Waals surface area contributed by atoms with Gasteiger partial charge in [-0.25, -0.2) is 4.90 Å². The minimum atomic E-state index is -2.14. The van der Waals surface area contributed by atoms with Gasteiger partial charge in [-0.3, -0.25) is 19.2 Å². The smallest absolute Gasteiger partial charge is 0.241 e. The first-order valence-corrected chi connectivity index (χ1v) is 13.6. The van der Waals surface area contributed by atoms with Crippen LogP contribution >= 0.6 is 23.2 Å². The number of Topliss-reactive ketones (excluding diaryl/α,β-unsaturated/α-hetero) is 2. The number of amides is 2. The zero-order chi connectivity index (χ0) is 28.5. The van der Waals surface area contributed by atoms with Crippen LogP contribution in [0, 0.1) is 11.8 Å². The molecule has 202 valence electrons. The van der Waals surface area contributed by atoms with Crippen LogP contribution < -0.4 is 9.64 Å². The van der Waals surface area contributed by atoms with Crippen LogP contribution in [0.3, 0.4) is 0 Å². The van der Waals surface area contributed by atoms with Crippen LogP contribution in [0.1, 0.15) is 32.4 Å². The van der Waals surface area contributed by atoms with Gasteiger partial charge in [0.2, 0.25) is 29.0 Å². The second kappa shape index (κ2) is 9.38. The average Bonchev–Trinajstić information content (AvgIpc) is 3.55. The van der Waals surface area contributed by atoms with Crippen molar-refractivity contribution in [3.63, 3.8) is 0 Å². The van der Waals surface area contributed by atoms with Crippen molar-refractivity contribution < 1.29 is 28.7 Å². The number of imide groups is 1. The van der Waals surface area contributed by atoms with E-state index in [1.807, 2.05) is 0 Å². The highest BCUT2D eigenvalue weighted by Gasteiger charge is 2.74. The van der Waals surface area contributed by atoms with E-state index in [0.29, 0.717) is 32.8 Å². The third-order valence-corrected chi connectivity index (χ3v) is 8.37. The lowest BCUT2D eigenvalue weighted by Gasteiger charge is -2.27. The number of hydrogen-bond donors (Lipinski definition) is 0. The molecule has 1 spiro atoms. The maximum atomic E-state index is 14.1. The van der Waals surface area contributed by atoms with Crippen LogP contribution in [0.15, 0.2) is 97.1 Å². The number of carbonyl (C=O) groups excluding carboxylic acids is 4. The molecule has 0 N–H and O–H groups in total.